The average Bonchev–Trinajstić information content (AvgIpc) is 3.09. The number of benzene rings is 1. The molecule has 1 amide bonds. The van der Waals surface area contributed by atoms with Gasteiger partial charge in [-0.25, -0.2) is 0 Å². The first-order chi connectivity index (χ1) is 11.1. The van der Waals surface area contributed by atoms with Gasteiger partial charge in [-0.05, 0) is 19.1 Å². The van der Waals surface area contributed by atoms with E-state index in [9.17, 15) is 4.79 Å². The first-order valence-electron chi connectivity index (χ1n) is 7.42. The summed E-state index contributed by atoms with van der Waals surface area (Å²) in [4.78, 5) is 12.3. The van der Waals surface area contributed by atoms with E-state index in [1.165, 1.54) is 7.11 Å². The van der Waals surface area contributed by atoms with Crippen molar-refractivity contribution >= 4 is 16.9 Å². The van der Waals surface area contributed by atoms with Crippen LogP contribution in [0.25, 0.3) is 11.0 Å². The van der Waals surface area contributed by atoms with Gasteiger partial charge in [-0.3, -0.25) is 9.48 Å². The van der Waals surface area contributed by atoms with Crippen molar-refractivity contribution in [1.29, 1.82) is 0 Å². The van der Waals surface area contributed by atoms with Gasteiger partial charge in [0.05, 0.1) is 7.11 Å². The number of carbonyl (C=O) groups excluding carboxylic acids is 1. The predicted molar refractivity (Wildman–Crippen MR) is 86.6 cm³/mol. The summed E-state index contributed by atoms with van der Waals surface area (Å²) in [6, 6.07) is 9.78. The van der Waals surface area contributed by atoms with Crippen molar-refractivity contribution in [3.63, 3.8) is 0 Å². The van der Waals surface area contributed by atoms with Gasteiger partial charge in [-0.1, -0.05) is 18.2 Å². The summed E-state index contributed by atoms with van der Waals surface area (Å²) in [5.74, 6) is 0.955. The first kappa shape index (κ1) is 15.1. The highest BCUT2D eigenvalue weighted by atomic mass is 16.5. The van der Waals surface area contributed by atoms with Gasteiger partial charge in [0.1, 0.15) is 16.9 Å². The minimum absolute atomic E-state index is 0.0759. The van der Waals surface area contributed by atoms with Crippen LogP contribution in [0.2, 0.25) is 0 Å². The van der Waals surface area contributed by atoms with Crippen molar-refractivity contribution in [2.75, 3.05) is 7.11 Å². The minimum atomic E-state index is -0.210. The van der Waals surface area contributed by atoms with Crippen LogP contribution in [0.15, 0.2) is 40.9 Å². The number of para-hydroxylation sites is 1. The molecule has 0 saturated heterocycles. The number of furan rings is 1. The molecule has 0 aliphatic heterocycles. The molecule has 0 fully saturated rings. The third-order valence-corrected chi connectivity index (χ3v) is 3.59. The Bertz CT molecular complexity index is 802. The number of amides is 1. The lowest BCUT2D eigenvalue weighted by atomic mass is 10.1. The lowest BCUT2D eigenvalue weighted by molar-refractivity contribution is 0.0936. The molecule has 3 aromatic rings. The fraction of sp³-hybridized carbons (Fsp3) is 0.294. The molecule has 0 aliphatic carbocycles. The first-order valence-corrected chi connectivity index (χ1v) is 7.42. The maximum atomic E-state index is 12.3. The normalized spacial score (nSPS) is 12.3. The number of hydrogen-bond donors (Lipinski definition) is 1. The zero-order chi connectivity index (χ0) is 16.4. The molecule has 3 rings (SSSR count). The summed E-state index contributed by atoms with van der Waals surface area (Å²) in [5, 5.41) is 8.09. The molecule has 0 radical (unpaired) electrons. The molecular weight excluding hydrogens is 294 g/mol. The second kappa shape index (κ2) is 6.16. The Morgan fingerprint density at radius 2 is 2.22 bits per heavy atom. The molecule has 1 aromatic carbocycles. The van der Waals surface area contributed by atoms with E-state index in [4.69, 9.17) is 9.15 Å². The van der Waals surface area contributed by atoms with Gasteiger partial charge in [0.25, 0.3) is 5.91 Å². The molecular formula is C17H19N3O3. The number of hydrogen-bond acceptors (Lipinski definition) is 4. The zero-order valence-corrected chi connectivity index (χ0v) is 13.4. The van der Waals surface area contributed by atoms with Crippen LogP contribution in [0.3, 0.4) is 0 Å². The summed E-state index contributed by atoms with van der Waals surface area (Å²) < 4.78 is 12.5. The molecule has 120 valence electrons. The molecule has 23 heavy (non-hydrogen) atoms. The van der Waals surface area contributed by atoms with Gasteiger partial charge in [0.15, 0.2) is 0 Å². The molecule has 0 aliphatic rings. The smallest absolute Gasteiger partial charge is 0.258 e. The van der Waals surface area contributed by atoms with Crippen LogP contribution in [0, 0.1) is 0 Å². The molecule has 6 nitrogen and oxygen atoms in total. The number of nitrogens with one attached hydrogen (secondary N) is 1. The van der Waals surface area contributed by atoms with Crippen molar-refractivity contribution in [2.45, 2.75) is 19.4 Å². The van der Waals surface area contributed by atoms with Crippen LogP contribution in [0.4, 0.5) is 0 Å². The van der Waals surface area contributed by atoms with Crippen LogP contribution in [0.5, 0.6) is 5.88 Å². The Morgan fingerprint density at radius 3 is 2.96 bits per heavy atom. The lowest BCUT2D eigenvalue weighted by Crippen LogP contribution is -2.34. The minimum Gasteiger partial charge on any atom is -0.479 e. The molecule has 2 aromatic heterocycles. The molecule has 0 spiro atoms. The van der Waals surface area contributed by atoms with Gasteiger partial charge in [0.2, 0.25) is 5.88 Å². The Hall–Kier alpha value is -2.76. The van der Waals surface area contributed by atoms with E-state index in [0.717, 1.165) is 16.7 Å². The molecule has 2 heterocycles. The van der Waals surface area contributed by atoms with Gasteiger partial charge >= 0.3 is 0 Å². The lowest BCUT2D eigenvalue weighted by Gasteiger charge is -2.12. The van der Waals surface area contributed by atoms with Crippen LogP contribution < -0.4 is 10.1 Å². The summed E-state index contributed by atoms with van der Waals surface area (Å²) >= 11 is 0. The topological polar surface area (TPSA) is 69.3 Å². The van der Waals surface area contributed by atoms with E-state index in [1.807, 2.05) is 37.3 Å². The Kier molecular flexibility index (Phi) is 4.06. The molecule has 6 heteroatoms. The van der Waals surface area contributed by atoms with E-state index in [2.05, 4.69) is 10.4 Å². The number of aryl methyl sites for hydroxylation is 1. The van der Waals surface area contributed by atoms with E-state index >= 15 is 0 Å². The molecule has 1 N–H and O–H groups in total. The molecule has 0 saturated carbocycles. The van der Waals surface area contributed by atoms with E-state index < -0.39 is 0 Å². The van der Waals surface area contributed by atoms with Gasteiger partial charge in [-0.15, -0.1) is 5.10 Å². The van der Waals surface area contributed by atoms with E-state index in [1.54, 1.807) is 17.9 Å². The third-order valence-electron chi connectivity index (χ3n) is 3.59. The standard InChI is InChI=1S/C17H19N3O3/c1-11(8-13-9-12-6-4-5-7-15(12)23-13)18-16(21)14-10-20(2)19-17(14)22-3/h4-7,9-11H,8H2,1-3H3,(H,18,21)/t11-/m0/s1. The number of ether oxygens (including phenoxy) is 1. The number of rotatable bonds is 5. The van der Waals surface area contributed by atoms with Crippen molar-refractivity contribution < 1.29 is 13.9 Å². The second-order valence-electron chi connectivity index (χ2n) is 5.55. The van der Waals surface area contributed by atoms with Crippen LogP contribution >= 0.6 is 0 Å². The van der Waals surface area contributed by atoms with Crippen LogP contribution in [-0.2, 0) is 13.5 Å². The summed E-state index contributed by atoms with van der Waals surface area (Å²) in [5.41, 5.74) is 1.28. The Balaban J connectivity index is 1.68. The van der Waals surface area contributed by atoms with E-state index in [0.29, 0.717) is 17.9 Å². The highest BCUT2D eigenvalue weighted by molar-refractivity contribution is 5.96. The highest BCUT2D eigenvalue weighted by Gasteiger charge is 2.19. The SMILES string of the molecule is COc1nn(C)cc1C(=O)N[C@@H](C)Cc1cc2ccccc2o1. The molecule has 0 unspecified atom stereocenters. The summed E-state index contributed by atoms with van der Waals surface area (Å²) in [6.07, 6.45) is 2.26. The second-order valence-corrected chi connectivity index (χ2v) is 5.55. The number of aromatic nitrogens is 2. The van der Waals surface area contributed by atoms with Gasteiger partial charge < -0.3 is 14.5 Å². The summed E-state index contributed by atoms with van der Waals surface area (Å²) in [6.45, 7) is 1.94. The van der Waals surface area contributed by atoms with Crippen molar-refractivity contribution in [2.24, 2.45) is 7.05 Å². The maximum Gasteiger partial charge on any atom is 0.258 e. The zero-order valence-electron chi connectivity index (χ0n) is 13.4. The fourth-order valence-corrected chi connectivity index (χ4v) is 2.57. The van der Waals surface area contributed by atoms with Crippen LogP contribution in [-0.4, -0.2) is 28.8 Å². The van der Waals surface area contributed by atoms with Crippen molar-refractivity contribution in [3.8, 4) is 5.88 Å². The molecule has 0 bridgehead atoms. The number of methoxy groups -OCH3 is 1. The van der Waals surface area contributed by atoms with Crippen LogP contribution in [0.1, 0.15) is 23.0 Å². The van der Waals surface area contributed by atoms with E-state index in [-0.39, 0.29) is 11.9 Å². The quantitative estimate of drug-likeness (QED) is 0.786. The third kappa shape index (κ3) is 3.21. The van der Waals surface area contributed by atoms with Crippen molar-refractivity contribution in [1.82, 2.24) is 15.1 Å². The summed E-state index contributed by atoms with van der Waals surface area (Å²) in [7, 11) is 3.24. The fourth-order valence-electron chi connectivity index (χ4n) is 2.57. The Morgan fingerprint density at radius 1 is 1.43 bits per heavy atom. The predicted octanol–water partition coefficient (Wildman–Crippen LogP) is 2.54. The number of carbonyl (C=O) groups is 1. The maximum absolute atomic E-state index is 12.3. The highest BCUT2D eigenvalue weighted by Crippen LogP contribution is 2.20. The van der Waals surface area contributed by atoms with Gasteiger partial charge in [-0.2, -0.15) is 0 Å². The monoisotopic (exact) mass is 313 g/mol. The Labute approximate surface area is 134 Å². The number of fused-ring (bicyclic) bond motifs is 1. The molecule has 1 atom stereocenters. The van der Waals surface area contributed by atoms with Crippen molar-refractivity contribution in [3.05, 3.63) is 47.9 Å². The van der Waals surface area contributed by atoms with Gasteiger partial charge in [0, 0.05) is 31.1 Å². The largest absolute Gasteiger partial charge is 0.479 e. The average molecular weight is 313 g/mol. The number of nitrogens with zero attached hydrogens (tertiary/aromatic N) is 2.